The van der Waals surface area contributed by atoms with Crippen LogP contribution in [0.3, 0.4) is 0 Å². The van der Waals surface area contributed by atoms with E-state index in [0.717, 1.165) is 5.56 Å². The maximum atomic E-state index is 12.3. The largest absolute Gasteiger partial charge is 0.376 e. The Morgan fingerprint density at radius 2 is 1.83 bits per heavy atom. The molecule has 0 radical (unpaired) electrons. The van der Waals surface area contributed by atoms with Crippen LogP contribution in [0.2, 0.25) is 0 Å². The second-order valence-electron chi connectivity index (χ2n) is 6.40. The summed E-state index contributed by atoms with van der Waals surface area (Å²) in [5.41, 5.74) is 0.970. The average Bonchev–Trinajstić information content (AvgIpc) is 2.96. The highest BCUT2D eigenvalue weighted by Gasteiger charge is 2.55. The minimum atomic E-state index is -3.86. The Morgan fingerprint density at radius 3 is 2.46 bits per heavy atom. The third-order valence-corrected chi connectivity index (χ3v) is 5.35. The van der Waals surface area contributed by atoms with E-state index in [9.17, 15) is 8.42 Å². The summed E-state index contributed by atoms with van der Waals surface area (Å²) in [6.07, 6.45) is -2.08. The summed E-state index contributed by atoms with van der Waals surface area (Å²) in [5, 5.41) is 0. The Balaban J connectivity index is 1.66. The molecule has 8 heteroatoms. The molecule has 0 aliphatic carbocycles. The average molecular weight is 358 g/mol. The van der Waals surface area contributed by atoms with Crippen LogP contribution in [-0.4, -0.2) is 52.5 Å². The van der Waals surface area contributed by atoms with Gasteiger partial charge in [-0.25, -0.2) is 0 Å². The van der Waals surface area contributed by atoms with Crippen molar-refractivity contribution >= 4 is 10.1 Å². The third kappa shape index (κ3) is 3.49. The Hall–Kier alpha value is -1.03. The van der Waals surface area contributed by atoms with Crippen LogP contribution >= 0.6 is 0 Å². The van der Waals surface area contributed by atoms with Gasteiger partial charge in [-0.1, -0.05) is 17.7 Å². The van der Waals surface area contributed by atoms with Crippen LogP contribution in [0, 0.1) is 6.92 Å². The summed E-state index contributed by atoms with van der Waals surface area (Å²) < 4.78 is 52.2. The number of fused-ring (bicyclic) bond motifs is 1. The summed E-state index contributed by atoms with van der Waals surface area (Å²) in [7, 11) is -2.34. The van der Waals surface area contributed by atoms with Crippen LogP contribution in [0.25, 0.3) is 0 Å². The van der Waals surface area contributed by atoms with E-state index in [4.69, 9.17) is 23.1 Å². The van der Waals surface area contributed by atoms with Gasteiger partial charge in [0.25, 0.3) is 10.1 Å². The van der Waals surface area contributed by atoms with Gasteiger partial charge in [-0.2, -0.15) is 8.42 Å². The predicted octanol–water partition coefficient (Wildman–Crippen LogP) is 1.59. The van der Waals surface area contributed by atoms with Gasteiger partial charge in [0.15, 0.2) is 12.1 Å². The minimum absolute atomic E-state index is 0.105. The molecule has 3 rings (SSSR count). The van der Waals surface area contributed by atoms with Gasteiger partial charge >= 0.3 is 0 Å². The number of benzene rings is 1. The quantitative estimate of drug-likeness (QED) is 0.740. The van der Waals surface area contributed by atoms with Crippen molar-refractivity contribution in [2.75, 3.05) is 13.7 Å². The summed E-state index contributed by atoms with van der Waals surface area (Å²) in [5.74, 6) is -0.758. The summed E-state index contributed by atoms with van der Waals surface area (Å²) in [6, 6.07) is 6.46. The lowest BCUT2D eigenvalue weighted by atomic mass is 10.1. The van der Waals surface area contributed by atoms with Crippen LogP contribution < -0.4 is 0 Å². The molecule has 2 heterocycles. The highest BCUT2D eigenvalue weighted by molar-refractivity contribution is 7.86. The predicted molar refractivity (Wildman–Crippen MR) is 83.8 cm³/mol. The molecule has 134 valence electrons. The van der Waals surface area contributed by atoms with E-state index in [0.29, 0.717) is 0 Å². The van der Waals surface area contributed by atoms with Crippen molar-refractivity contribution in [3.63, 3.8) is 0 Å². The third-order valence-electron chi connectivity index (χ3n) is 4.06. The van der Waals surface area contributed by atoms with Gasteiger partial charge in [-0.3, -0.25) is 4.18 Å². The lowest BCUT2D eigenvalue weighted by Crippen LogP contribution is -2.38. The fraction of sp³-hybridized carbons (Fsp3) is 0.625. The van der Waals surface area contributed by atoms with Gasteiger partial charge in [-0.05, 0) is 32.9 Å². The zero-order valence-corrected chi connectivity index (χ0v) is 14.9. The fourth-order valence-electron chi connectivity index (χ4n) is 2.90. The molecule has 2 fully saturated rings. The molecule has 2 aliphatic heterocycles. The molecule has 0 N–H and O–H groups in total. The van der Waals surface area contributed by atoms with Gasteiger partial charge in [0.2, 0.25) is 0 Å². The molecule has 2 saturated heterocycles. The van der Waals surface area contributed by atoms with Crippen LogP contribution in [0.15, 0.2) is 29.2 Å². The maximum absolute atomic E-state index is 12.3. The van der Waals surface area contributed by atoms with Gasteiger partial charge in [0.1, 0.15) is 18.3 Å². The van der Waals surface area contributed by atoms with Crippen molar-refractivity contribution < 1.29 is 31.5 Å². The molecule has 0 amide bonds. The smallest absolute Gasteiger partial charge is 0.297 e. The van der Waals surface area contributed by atoms with E-state index in [1.54, 1.807) is 26.0 Å². The Morgan fingerprint density at radius 1 is 1.17 bits per heavy atom. The van der Waals surface area contributed by atoms with Gasteiger partial charge in [-0.15, -0.1) is 0 Å². The number of rotatable bonds is 5. The second kappa shape index (κ2) is 6.36. The van der Waals surface area contributed by atoms with E-state index >= 15 is 0 Å². The number of aryl methyl sites for hydroxylation is 1. The molecule has 1 aromatic carbocycles. The molecule has 7 nitrogen and oxygen atoms in total. The van der Waals surface area contributed by atoms with Crippen LogP contribution in [0.1, 0.15) is 19.4 Å². The summed E-state index contributed by atoms with van der Waals surface area (Å²) >= 11 is 0. The standard InChI is InChI=1S/C16H22O7S/c1-10-5-7-11(8-6-10)24(17,18)20-9-12-13(19-4)14-15(21-12)23-16(2,3)22-14/h5-8,12-15H,9H2,1-4H3. The van der Waals surface area contributed by atoms with Crippen molar-refractivity contribution in [3.8, 4) is 0 Å². The zero-order chi connectivity index (χ0) is 17.5. The molecule has 0 saturated carbocycles. The van der Waals surface area contributed by atoms with Crippen molar-refractivity contribution in [1.82, 2.24) is 0 Å². The maximum Gasteiger partial charge on any atom is 0.297 e. The van der Waals surface area contributed by atoms with Crippen molar-refractivity contribution in [1.29, 1.82) is 0 Å². The lowest BCUT2D eigenvalue weighted by molar-refractivity contribution is -0.219. The first kappa shape index (κ1) is 17.8. The molecule has 24 heavy (non-hydrogen) atoms. The van der Waals surface area contributed by atoms with Gasteiger partial charge < -0.3 is 18.9 Å². The topological polar surface area (TPSA) is 80.3 Å². The first-order chi connectivity index (χ1) is 11.2. The fourth-order valence-corrected chi connectivity index (χ4v) is 3.81. The minimum Gasteiger partial charge on any atom is -0.376 e. The lowest BCUT2D eigenvalue weighted by Gasteiger charge is -2.24. The Bertz CT molecular complexity index is 683. The molecule has 1 aromatic rings. The normalized spacial score (nSPS) is 32.0. The monoisotopic (exact) mass is 358 g/mol. The molecule has 4 unspecified atom stereocenters. The van der Waals surface area contributed by atoms with Crippen molar-refractivity contribution in [2.24, 2.45) is 0 Å². The molecule has 0 spiro atoms. The molecule has 4 atom stereocenters. The second-order valence-corrected chi connectivity index (χ2v) is 8.01. The first-order valence-electron chi connectivity index (χ1n) is 7.72. The Kier molecular flexibility index (Phi) is 4.71. The summed E-state index contributed by atoms with van der Waals surface area (Å²) in [4.78, 5) is 0.105. The first-order valence-corrected chi connectivity index (χ1v) is 9.13. The van der Waals surface area contributed by atoms with E-state index < -0.39 is 40.5 Å². The van der Waals surface area contributed by atoms with Gasteiger partial charge in [0, 0.05) is 7.11 Å². The van der Waals surface area contributed by atoms with E-state index in [1.807, 2.05) is 6.92 Å². The van der Waals surface area contributed by atoms with E-state index in [2.05, 4.69) is 0 Å². The molecular formula is C16H22O7S. The highest BCUT2D eigenvalue weighted by atomic mass is 32.2. The molecule has 0 aromatic heterocycles. The number of ether oxygens (including phenoxy) is 4. The molecule has 0 bridgehead atoms. The Labute approximate surface area is 141 Å². The van der Waals surface area contributed by atoms with E-state index in [-0.39, 0.29) is 11.5 Å². The zero-order valence-electron chi connectivity index (χ0n) is 14.1. The molecular weight excluding hydrogens is 336 g/mol. The highest BCUT2D eigenvalue weighted by Crippen LogP contribution is 2.38. The van der Waals surface area contributed by atoms with E-state index in [1.165, 1.54) is 19.2 Å². The molecule has 2 aliphatic rings. The summed E-state index contributed by atoms with van der Waals surface area (Å²) in [6.45, 7) is 5.28. The van der Waals surface area contributed by atoms with Crippen LogP contribution in [0.4, 0.5) is 0 Å². The van der Waals surface area contributed by atoms with Crippen molar-refractivity contribution in [2.45, 2.75) is 56.1 Å². The van der Waals surface area contributed by atoms with Crippen molar-refractivity contribution in [3.05, 3.63) is 29.8 Å². The number of hydrogen-bond donors (Lipinski definition) is 0. The number of methoxy groups -OCH3 is 1. The van der Waals surface area contributed by atoms with Crippen LogP contribution in [0.5, 0.6) is 0 Å². The van der Waals surface area contributed by atoms with Crippen LogP contribution in [-0.2, 0) is 33.2 Å². The van der Waals surface area contributed by atoms with Gasteiger partial charge in [0.05, 0.1) is 11.5 Å². The SMILES string of the molecule is COC1C(COS(=O)(=O)c2ccc(C)cc2)OC2OC(C)(C)OC21. The number of hydrogen-bond acceptors (Lipinski definition) is 7.